The summed E-state index contributed by atoms with van der Waals surface area (Å²) >= 11 is 0. The second-order valence-corrected chi connectivity index (χ2v) is 7.56. The predicted molar refractivity (Wildman–Crippen MR) is 116 cm³/mol. The van der Waals surface area contributed by atoms with Crippen LogP contribution in [0.1, 0.15) is 22.2 Å². The number of anilines is 1. The van der Waals surface area contributed by atoms with Crippen molar-refractivity contribution < 1.29 is 19.0 Å². The van der Waals surface area contributed by atoms with Crippen LogP contribution < -0.4 is 15.1 Å². The molecular weight excluding hydrogens is 396 g/mol. The zero-order valence-corrected chi connectivity index (χ0v) is 17.1. The molecule has 1 atom stereocenters. The Morgan fingerprint density at radius 2 is 1.77 bits per heavy atom. The van der Waals surface area contributed by atoms with Gasteiger partial charge in [0.1, 0.15) is 0 Å². The van der Waals surface area contributed by atoms with Crippen LogP contribution in [-0.4, -0.2) is 43.6 Å². The van der Waals surface area contributed by atoms with Gasteiger partial charge in [0, 0.05) is 23.4 Å². The van der Waals surface area contributed by atoms with E-state index in [9.17, 15) is 14.9 Å². The molecular formula is C23H25N4O4+. The van der Waals surface area contributed by atoms with E-state index in [0.29, 0.717) is 12.1 Å². The van der Waals surface area contributed by atoms with Crippen LogP contribution in [0.2, 0.25) is 0 Å². The van der Waals surface area contributed by atoms with Crippen LogP contribution in [0.15, 0.2) is 77.4 Å². The molecule has 2 heterocycles. The number of nitro benzene ring substituents is 1. The summed E-state index contributed by atoms with van der Waals surface area (Å²) in [6, 6.07) is 19.8. The lowest BCUT2D eigenvalue weighted by atomic mass is 10.1. The first-order valence-corrected chi connectivity index (χ1v) is 10.3. The second-order valence-electron chi connectivity index (χ2n) is 7.56. The number of non-ortho nitro benzene ring substituents is 1. The molecule has 4 rings (SSSR count). The molecule has 1 aliphatic rings. The summed E-state index contributed by atoms with van der Waals surface area (Å²) in [4.78, 5) is 26.6. The van der Waals surface area contributed by atoms with Crippen LogP contribution in [0.4, 0.5) is 11.4 Å². The zero-order chi connectivity index (χ0) is 21.6. The van der Waals surface area contributed by atoms with Gasteiger partial charge < -0.3 is 19.5 Å². The number of carbonyl (C=O) groups excluding carboxylic acids is 1. The first-order valence-electron chi connectivity index (χ1n) is 10.3. The number of furan rings is 1. The standard InChI is InChI=1S/C23H24N4O4/c28-23(18-8-10-20(11-9-18)27(29)30)24-17-21(22-7-4-16-31-22)26-14-12-25(13-15-26)19-5-2-1-3-6-19/h1-11,16,21H,12-15,17H2,(H,24,28)/p+1/t21-/m1/s1. The van der Waals surface area contributed by atoms with Crippen molar-refractivity contribution in [3.05, 3.63) is 94.4 Å². The van der Waals surface area contributed by atoms with Gasteiger partial charge in [0.15, 0.2) is 11.8 Å². The Hall–Kier alpha value is -3.65. The van der Waals surface area contributed by atoms with E-state index < -0.39 is 4.92 Å². The van der Waals surface area contributed by atoms with E-state index in [2.05, 4.69) is 22.3 Å². The molecule has 0 unspecified atom stereocenters. The van der Waals surface area contributed by atoms with E-state index in [4.69, 9.17) is 4.42 Å². The maximum Gasteiger partial charge on any atom is 0.269 e. The Morgan fingerprint density at radius 3 is 2.39 bits per heavy atom. The number of hydrogen-bond donors (Lipinski definition) is 2. The molecule has 1 amide bonds. The number of piperazine rings is 1. The molecule has 8 nitrogen and oxygen atoms in total. The lowest BCUT2D eigenvalue weighted by molar-refractivity contribution is -0.932. The SMILES string of the molecule is O=C(NC[C@H](c1ccco1)[NH+]1CCN(c2ccccc2)CC1)c1ccc([N+](=O)[O-])cc1. The number of para-hydroxylation sites is 1. The predicted octanol–water partition coefficient (Wildman–Crippen LogP) is 2.06. The van der Waals surface area contributed by atoms with Gasteiger partial charge in [-0.25, -0.2) is 0 Å². The van der Waals surface area contributed by atoms with Gasteiger partial charge in [-0.3, -0.25) is 14.9 Å². The third-order valence-corrected chi connectivity index (χ3v) is 5.71. The Kier molecular flexibility index (Phi) is 6.28. The fourth-order valence-corrected chi connectivity index (χ4v) is 4.01. The minimum atomic E-state index is -0.479. The minimum absolute atomic E-state index is 0.00470. The maximum absolute atomic E-state index is 12.6. The van der Waals surface area contributed by atoms with Crippen LogP contribution in [0, 0.1) is 10.1 Å². The number of quaternary nitrogens is 1. The molecule has 3 aromatic rings. The molecule has 2 aromatic carbocycles. The Labute approximate surface area is 180 Å². The van der Waals surface area contributed by atoms with Gasteiger partial charge in [-0.15, -0.1) is 0 Å². The quantitative estimate of drug-likeness (QED) is 0.450. The van der Waals surface area contributed by atoms with Crippen molar-refractivity contribution in [2.24, 2.45) is 0 Å². The molecule has 0 aliphatic carbocycles. The van der Waals surface area contributed by atoms with Gasteiger partial charge in [0.2, 0.25) is 0 Å². The topological polar surface area (TPSA) is 93.1 Å². The van der Waals surface area contributed by atoms with Gasteiger partial charge in [0.25, 0.3) is 11.6 Å². The summed E-state index contributed by atoms with van der Waals surface area (Å²) in [5.41, 5.74) is 1.58. The third-order valence-electron chi connectivity index (χ3n) is 5.71. The smallest absolute Gasteiger partial charge is 0.269 e. The molecule has 1 fully saturated rings. The third kappa shape index (κ3) is 4.92. The number of benzene rings is 2. The van der Waals surface area contributed by atoms with E-state index >= 15 is 0 Å². The monoisotopic (exact) mass is 421 g/mol. The summed E-state index contributed by atoms with van der Waals surface area (Å²) in [6.45, 7) is 4.12. The van der Waals surface area contributed by atoms with E-state index in [1.54, 1.807) is 6.26 Å². The molecule has 1 aliphatic heterocycles. The molecule has 8 heteroatoms. The van der Waals surface area contributed by atoms with Gasteiger partial charge in [-0.05, 0) is 36.4 Å². The van der Waals surface area contributed by atoms with E-state index in [1.807, 2.05) is 30.3 Å². The van der Waals surface area contributed by atoms with Crippen LogP contribution in [0.5, 0.6) is 0 Å². The average Bonchev–Trinajstić information content (AvgIpc) is 3.35. The van der Waals surface area contributed by atoms with Crippen LogP contribution >= 0.6 is 0 Å². The van der Waals surface area contributed by atoms with Gasteiger partial charge >= 0.3 is 0 Å². The number of amides is 1. The lowest BCUT2D eigenvalue weighted by Gasteiger charge is -2.37. The van der Waals surface area contributed by atoms with E-state index in [-0.39, 0.29) is 17.6 Å². The maximum atomic E-state index is 12.6. The van der Waals surface area contributed by atoms with Crippen LogP contribution in [0.25, 0.3) is 0 Å². The molecule has 0 radical (unpaired) electrons. The van der Waals surface area contributed by atoms with Gasteiger partial charge in [0.05, 0.1) is 43.9 Å². The molecule has 160 valence electrons. The first kappa shape index (κ1) is 20.6. The highest BCUT2D eigenvalue weighted by atomic mass is 16.6. The summed E-state index contributed by atoms with van der Waals surface area (Å²) in [5, 5.41) is 13.8. The molecule has 31 heavy (non-hydrogen) atoms. The summed E-state index contributed by atoms with van der Waals surface area (Å²) < 4.78 is 5.68. The van der Waals surface area contributed by atoms with Crippen molar-refractivity contribution >= 4 is 17.3 Å². The van der Waals surface area contributed by atoms with Crippen molar-refractivity contribution in [3.8, 4) is 0 Å². The number of rotatable bonds is 7. The highest BCUT2D eigenvalue weighted by molar-refractivity contribution is 5.94. The molecule has 1 aromatic heterocycles. The molecule has 2 N–H and O–H groups in total. The van der Waals surface area contributed by atoms with Gasteiger partial charge in [-0.1, -0.05) is 18.2 Å². The highest BCUT2D eigenvalue weighted by Crippen LogP contribution is 2.15. The highest BCUT2D eigenvalue weighted by Gasteiger charge is 2.31. The molecule has 0 spiro atoms. The number of nitrogens with one attached hydrogen (secondary N) is 2. The number of nitrogens with zero attached hydrogens (tertiary/aromatic N) is 2. The van der Waals surface area contributed by atoms with Gasteiger partial charge in [-0.2, -0.15) is 0 Å². The van der Waals surface area contributed by atoms with Crippen LogP contribution in [0.3, 0.4) is 0 Å². The average molecular weight is 421 g/mol. The molecule has 0 saturated carbocycles. The fourth-order valence-electron chi connectivity index (χ4n) is 4.01. The van der Waals surface area contributed by atoms with Crippen molar-refractivity contribution in [3.63, 3.8) is 0 Å². The molecule has 0 bridgehead atoms. The summed E-state index contributed by atoms with van der Waals surface area (Å²) in [7, 11) is 0. The zero-order valence-electron chi connectivity index (χ0n) is 17.1. The second kappa shape index (κ2) is 9.44. The summed E-state index contributed by atoms with van der Waals surface area (Å²) in [5.74, 6) is 0.584. The summed E-state index contributed by atoms with van der Waals surface area (Å²) in [6.07, 6.45) is 1.65. The lowest BCUT2D eigenvalue weighted by Crippen LogP contribution is -3.15. The van der Waals surface area contributed by atoms with Crippen molar-refractivity contribution in [2.45, 2.75) is 6.04 Å². The largest absolute Gasteiger partial charge is 0.463 e. The van der Waals surface area contributed by atoms with Crippen molar-refractivity contribution in [2.75, 3.05) is 37.6 Å². The fraction of sp³-hybridized carbons (Fsp3) is 0.261. The van der Waals surface area contributed by atoms with Crippen molar-refractivity contribution in [1.29, 1.82) is 0 Å². The van der Waals surface area contributed by atoms with E-state index in [0.717, 1.165) is 31.9 Å². The number of hydrogen-bond acceptors (Lipinski definition) is 5. The Balaban J connectivity index is 1.40. The number of carbonyl (C=O) groups is 1. The molecule has 1 saturated heterocycles. The van der Waals surface area contributed by atoms with Crippen LogP contribution in [-0.2, 0) is 0 Å². The van der Waals surface area contributed by atoms with E-state index in [1.165, 1.54) is 34.9 Å². The minimum Gasteiger partial charge on any atom is -0.463 e. The Bertz CT molecular complexity index is 998. The normalized spacial score (nSPS) is 15.4. The Morgan fingerprint density at radius 1 is 1.06 bits per heavy atom. The first-order chi connectivity index (χ1) is 15.1. The number of nitro groups is 1. The van der Waals surface area contributed by atoms with Crippen molar-refractivity contribution in [1.82, 2.24) is 5.32 Å².